The van der Waals surface area contributed by atoms with Crippen LogP contribution in [0.2, 0.25) is 5.02 Å². The Hall–Kier alpha value is -3.45. The molecule has 1 amide bonds. The first kappa shape index (κ1) is 28.1. The number of anilines is 1. The molecule has 210 valence electrons. The largest absolute Gasteiger partial charge is 0.475 e. The van der Waals surface area contributed by atoms with Crippen molar-refractivity contribution in [3.63, 3.8) is 0 Å². The lowest BCUT2D eigenvalue weighted by molar-refractivity contribution is 0.0268. The van der Waals surface area contributed by atoms with E-state index in [-0.39, 0.29) is 35.3 Å². The van der Waals surface area contributed by atoms with Crippen LogP contribution in [0.4, 0.5) is 10.1 Å². The number of pyridine rings is 1. The molecule has 0 spiro atoms. The van der Waals surface area contributed by atoms with E-state index in [9.17, 15) is 19.4 Å². The molecular formula is C30H32ClFN4O4. The van der Waals surface area contributed by atoms with Crippen LogP contribution in [-0.4, -0.2) is 48.5 Å². The van der Waals surface area contributed by atoms with Gasteiger partial charge in [-0.3, -0.25) is 4.79 Å². The summed E-state index contributed by atoms with van der Waals surface area (Å²) in [6, 6.07) is 7.53. The maximum atomic E-state index is 13.5. The third kappa shape index (κ3) is 6.30. The molecule has 2 aliphatic carbocycles. The molecule has 2 aromatic heterocycles. The van der Waals surface area contributed by atoms with Crippen LogP contribution in [0.3, 0.4) is 0 Å². The van der Waals surface area contributed by atoms with Gasteiger partial charge < -0.3 is 24.8 Å². The average molecular weight is 567 g/mol. The van der Waals surface area contributed by atoms with Crippen molar-refractivity contribution >= 4 is 23.2 Å². The first-order valence-electron chi connectivity index (χ1n) is 13.2. The number of aryl methyl sites for hydroxylation is 1. The van der Waals surface area contributed by atoms with E-state index in [4.69, 9.17) is 16.3 Å². The number of carbonyl (C=O) groups excluding carboxylic acids is 1. The first-order valence-corrected chi connectivity index (χ1v) is 13.6. The van der Waals surface area contributed by atoms with Crippen LogP contribution in [0.15, 0.2) is 42.9 Å². The Morgan fingerprint density at radius 3 is 2.60 bits per heavy atom. The molecule has 0 saturated heterocycles. The van der Waals surface area contributed by atoms with Crippen molar-refractivity contribution in [1.82, 2.24) is 14.5 Å². The number of halogens is 2. The lowest BCUT2D eigenvalue weighted by atomic mass is 9.92. The minimum Gasteiger partial charge on any atom is -0.475 e. The van der Waals surface area contributed by atoms with Crippen LogP contribution >= 0.6 is 11.6 Å². The molecule has 2 fully saturated rings. The van der Waals surface area contributed by atoms with Crippen LogP contribution in [-0.2, 0) is 7.05 Å². The molecule has 2 unspecified atom stereocenters. The van der Waals surface area contributed by atoms with Gasteiger partial charge in [0.25, 0.3) is 5.91 Å². The fourth-order valence-electron chi connectivity index (χ4n) is 5.75. The number of nitrogens with one attached hydrogen (secondary N) is 1. The molecular weight excluding hydrogens is 535 g/mol. The zero-order chi connectivity index (χ0) is 28.7. The number of hydrogen-bond donors (Lipinski definition) is 3. The third-order valence-corrected chi connectivity index (χ3v) is 7.82. The second-order valence-corrected chi connectivity index (χ2v) is 11.9. The lowest BCUT2D eigenvalue weighted by Gasteiger charge is -2.19. The van der Waals surface area contributed by atoms with Crippen molar-refractivity contribution in [2.75, 3.05) is 11.9 Å². The maximum Gasteiger partial charge on any atom is 0.274 e. The van der Waals surface area contributed by atoms with E-state index in [0.717, 1.165) is 18.5 Å². The molecule has 2 heterocycles. The molecule has 2 saturated carbocycles. The smallest absolute Gasteiger partial charge is 0.274 e. The second-order valence-electron chi connectivity index (χ2n) is 11.5. The van der Waals surface area contributed by atoms with Crippen LogP contribution in [0.1, 0.15) is 67.2 Å². The summed E-state index contributed by atoms with van der Waals surface area (Å²) in [6.07, 6.45) is 5.96. The van der Waals surface area contributed by atoms with Crippen LogP contribution in [0.5, 0.6) is 5.88 Å². The van der Waals surface area contributed by atoms with Gasteiger partial charge in [-0.05, 0) is 75.6 Å². The van der Waals surface area contributed by atoms with Gasteiger partial charge in [0, 0.05) is 36.5 Å². The number of hydrogen-bond acceptors (Lipinski definition) is 6. The molecule has 40 heavy (non-hydrogen) atoms. The van der Waals surface area contributed by atoms with Gasteiger partial charge in [0.05, 0.1) is 22.6 Å². The van der Waals surface area contributed by atoms with Crippen molar-refractivity contribution in [3.05, 3.63) is 70.6 Å². The summed E-state index contributed by atoms with van der Waals surface area (Å²) in [6.45, 7) is 3.44. The Kier molecular flexibility index (Phi) is 7.62. The summed E-state index contributed by atoms with van der Waals surface area (Å²) in [5.74, 6) is 6.27. The van der Waals surface area contributed by atoms with Crippen LogP contribution in [0, 0.1) is 29.5 Å². The minimum atomic E-state index is -1.08. The fourth-order valence-corrected chi connectivity index (χ4v) is 5.94. The third-order valence-electron chi connectivity index (χ3n) is 7.53. The number of benzene rings is 1. The zero-order valence-corrected chi connectivity index (χ0v) is 23.4. The van der Waals surface area contributed by atoms with Gasteiger partial charge in [0.2, 0.25) is 5.88 Å². The van der Waals surface area contributed by atoms with Gasteiger partial charge >= 0.3 is 0 Å². The second kappa shape index (κ2) is 10.8. The first-order chi connectivity index (χ1) is 18.9. The van der Waals surface area contributed by atoms with E-state index in [0.29, 0.717) is 35.7 Å². The quantitative estimate of drug-likeness (QED) is 0.373. The molecule has 10 heteroatoms. The molecule has 0 aliphatic heterocycles. The standard InChI is InChI=1S/C30H32ClFN4O4/c1-29(2,38)16-40-25-7-4-18(15-33-25)8-9-30(39)13-20-10-19(11-21(20)14-30)26-27(36(3)17-34-26)28(37)35-22-5-6-24(32)23(31)12-22/h4-7,12,15,17,19-21,38-39H,10-11,13-14,16H2,1-3H3,(H,35,37). The molecule has 3 N–H and O–H groups in total. The zero-order valence-electron chi connectivity index (χ0n) is 22.6. The summed E-state index contributed by atoms with van der Waals surface area (Å²) >= 11 is 5.86. The summed E-state index contributed by atoms with van der Waals surface area (Å²) in [5.41, 5.74) is 0.236. The van der Waals surface area contributed by atoms with Gasteiger partial charge in [-0.1, -0.05) is 23.4 Å². The number of aliphatic hydroxyl groups is 2. The highest BCUT2D eigenvalue weighted by atomic mass is 35.5. The highest BCUT2D eigenvalue weighted by molar-refractivity contribution is 6.31. The predicted octanol–water partition coefficient (Wildman–Crippen LogP) is 4.70. The summed E-state index contributed by atoms with van der Waals surface area (Å²) in [5, 5.41) is 23.7. The predicted molar refractivity (Wildman–Crippen MR) is 149 cm³/mol. The summed E-state index contributed by atoms with van der Waals surface area (Å²) in [4.78, 5) is 21.9. The number of fused-ring (bicyclic) bond motifs is 1. The normalized spacial score (nSPS) is 23.8. The van der Waals surface area contributed by atoms with E-state index >= 15 is 0 Å². The van der Waals surface area contributed by atoms with Crippen molar-refractivity contribution in [2.24, 2.45) is 18.9 Å². The topological polar surface area (TPSA) is 110 Å². The SMILES string of the molecule is Cn1cnc(C2CC3CC(O)(C#Cc4ccc(OCC(C)(C)O)nc4)CC3C2)c1C(=O)Nc1ccc(F)c(Cl)c1. The van der Waals surface area contributed by atoms with Gasteiger partial charge in [-0.15, -0.1) is 0 Å². The maximum absolute atomic E-state index is 13.5. The van der Waals surface area contributed by atoms with E-state index in [1.165, 1.54) is 18.2 Å². The lowest BCUT2D eigenvalue weighted by Crippen LogP contribution is -2.28. The van der Waals surface area contributed by atoms with Gasteiger partial charge in [-0.2, -0.15) is 0 Å². The highest BCUT2D eigenvalue weighted by Crippen LogP contribution is 2.53. The van der Waals surface area contributed by atoms with Crippen molar-refractivity contribution < 1.29 is 24.1 Å². The van der Waals surface area contributed by atoms with Crippen LogP contribution < -0.4 is 10.1 Å². The molecule has 8 nitrogen and oxygen atoms in total. The summed E-state index contributed by atoms with van der Waals surface area (Å²) < 4.78 is 20.7. The van der Waals surface area contributed by atoms with Gasteiger partial charge in [0.15, 0.2) is 0 Å². The molecule has 2 aliphatic rings. The number of nitrogens with zero attached hydrogens (tertiary/aromatic N) is 3. The molecule has 1 aromatic carbocycles. The number of aromatic nitrogens is 3. The van der Waals surface area contributed by atoms with Crippen molar-refractivity contribution in [2.45, 2.75) is 56.7 Å². The Morgan fingerprint density at radius 2 is 1.98 bits per heavy atom. The Morgan fingerprint density at radius 1 is 1.25 bits per heavy atom. The minimum absolute atomic E-state index is 0.0632. The highest BCUT2D eigenvalue weighted by Gasteiger charge is 2.49. The van der Waals surface area contributed by atoms with Crippen molar-refractivity contribution in [1.29, 1.82) is 0 Å². The van der Waals surface area contributed by atoms with E-state index in [2.05, 4.69) is 27.1 Å². The van der Waals surface area contributed by atoms with Crippen LogP contribution in [0.25, 0.3) is 0 Å². The number of ether oxygens (including phenoxy) is 1. The number of amides is 1. The summed E-state index contributed by atoms with van der Waals surface area (Å²) in [7, 11) is 1.77. The Labute approximate surface area is 237 Å². The molecule has 2 atom stereocenters. The monoisotopic (exact) mass is 566 g/mol. The number of rotatable bonds is 6. The molecule has 5 rings (SSSR count). The van der Waals surface area contributed by atoms with Crippen molar-refractivity contribution in [3.8, 4) is 17.7 Å². The Balaban J connectivity index is 1.22. The molecule has 0 bridgehead atoms. The average Bonchev–Trinajstić information content (AvgIpc) is 3.55. The fraction of sp³-hybridized carbons (Fsp3) is 0.433. The van der Waals surface area contributed by atoms with Gasteiger partial charge in [0.1, 0.15) is 23.7 Å². The number of imidazole rings is 1. The van der Waals surface area contributed by atoms with E-state index in [1.807, 2.05) is 0 Å². The van der Waals surface area contributed by atoms with E-state index in [1.54, 1.807) is 50.1 Å². The number of carbonyl (C=O) groups is 1. The van der Waals surface area contributed by atoms with Gasteiger partial charge in [-0.25, -0.2) is 14.4 Å². The van der Waals surface area contributed by atoms with E-state index < -0.39 is 17.0 Å². The molecule has 0 radical (unpaired) electrons. The molecule has 3 aromatic rings. The Bertz CT molecular complexity index is 1460.